The SMILES string of the molecule is CC(C)CSCc1nc(Cl)cc(C(C)C)n1. The lowest BCUT2D eigenvalue weighted by Gasteiger charge is -2.08. The Morgan fingerprint density at radius 3 is 2.50 bits per heavy atom. The Morgan fingerprint density at radius 2 is 1.94 bits per heavy atom. The summed E-state index contributed by atoms with van der Waals surface area (Å²) >= 11 is 7.84. The molecule has 1 aromatic heterocycles. The van der Waals surface area contributed by atoms with Gasteiger partial charge in [-0.15, -0.1) is 0 Å². The van der Waals surface area contributed by atoms with Crippen molar-refractivity contribution >= 4 is 23.4 Å². The third-order valence-electron chi connectivity index (χ3n) is 2.03. The van der Waals surface area contributed by atoms with Gasteiger partial charge in [0, 0.05) is 5.69 Å². The predicted molar refractivity (Wildman–Crippen MR) is 72.1 cm³/mol. The summed E-state index contributed by atoms with van der Waals surface area (Å²) in [5, 5.41) is 0.554. The Labute approximate surface area is 107 Å². The smallest absolute Gasteiger partial charge is 0.140 e. The number of hydrogen-bond acceptors (Lipinski definition) is 3. The van der Waals surface area contributed by atoms with Crippen LogP contribution in [0, 0.1) is 5.92 Å². The number of hydrogen-bond donors (Lipinski definition) is 0. The molecule has 0 aliphatic heterocycles. The third kappa shape index (κ3) is 4.71. The van der Waals surface area contributed by atoms with Crippen LogP contribution in [0.15, 0.2) is 6.07 Å². The summed E-state index contributed by atoms with van der Waals surface area (Å²) in [6, 6.07) is 1.85. The zero-order valence-corrected chi connectivity index (χ0v) is 11.9. The van der Waals surface area contributed by atoms with E-state index in [9.17, 15) is 0 Å². The first-order valence-electron chi connectivity index (χ1n) is 5.60. The summed E-state index contributed by atoms with van der Waals surface area (Å²) in [4.78, 5) is 8.76. The molecule has 1 rings (SSSR count). The Kier molecular flexibility index (Phi) is 5.56. The number of thioether (sulfide) groups is 1. The lowest BCUT2D eigenvalue weighted by molar-refractivity contribution is 0.749. The first-order chi connectivity index (χ1) is 7.49. The van der Waals surface area contributed by atoms with Crippen LogP contribution >= 0.6 is 23.4 Å². The minimum atomic E-state index is 0.398. The van der Waals surface area contributed by atoms with Gasteiger partial charge in [0.15, 0.2) is 0 Å². The molecule has 90 valence electrons. The summed E-state index contributed by atoms with van der Waals surface area (Å²) in [6.45, 7) is 8.66. The second-order valence-electron chi connectivity index (χ2n) is 4.60. The van der Waals surface area contributed by atoms with Crippen LogP contribution in [0.5, 0.6) is 0 Å². The molecule has 0 fully saturated rings. The molecule has 0 aliphatic carbocycles. The Morgan fingerprint density at radius 1 is 1.25 bits per heavy atom. The summed E-state index contributed by atoms with van der Waals surface area (Å²) in [5.41, 5.74) is 1.03. The van der Waals surface area contributed by atoms with Crippen molar-refractivity contribution in [3.05, 3.63) is 22.7 Å². The highest BCUT2D eigenvalue weighted by Crippen LogP contribution is 2.19. The van der Waals surface area contributed by atoms with Crippen LogP contribution in [0.1, 0.15) is 45.1 Å². The number of rotatable bonds is 5. The Balaban J connectivity index is 2.65. The van der Waals surface area contributed by atoms with Crippen molar-refractivity contribution in [3.63, 3.8) is 0 Å². The first kappa shape index (κ1) is 13.8. The van der Waals surface area contributed by atoms with Gasteiger partial charge in [-0.3, -0.25) is 0 Å². The van der Waals surface area contributed by atoms with Gasteiger partial charge >= 0.3 is 0 Å². The van der Waals surface area contributed by atoms with Gasteiger partial charge in [-0.25, -0.2) is 9.97 Å². The van der Waals surface area contributed by atoms with Crippen LogP contribution in [-0.4, -0.2) is 15.7 Å². The fourth-order valence-corrected chi connectivity index (χ4v) is 2.34. The summed E-state index contributed by atoms with van der Waals surface area (Å²) in [7, 11) is 0. The maximum Gasteiger partial charge on any atom is 0.140 e. The standard InChI is InChI=1S/C12H19ClN2S/c1-8(2)6-16-7-12-14-10(9(3)4)5-11(13)15-12/h5,8-9H,6-7H2,1-4H3. The minimum absolute atomic E-state index is 0.398. The van der Waals surface area contributed by atoms with Gasteiger partial charge in [-0.1, -0.05) is 39.3 Å². The average molecular weight is 259 g/mol. The molecule has 0 aromatic carbocycles. The zero-order chi connectivity index (χ0) is 12.1. The van der Waals surface area contributed by atoms with Crippen molar-refractivity contribution in [3.8, 4) is 0 Å². The highest BCUT2D eigenvalue weighted by molar-refractivity contribution is 7.98. The molecule has 1 heterocycles. The quantitative estimate of drug-likeness (QED) is 0.743. The lowest BCUT2D eigenvalue weighted by Crippen LogP contribution is -2.01. The molecule has 0 bridgehead atoms. The van der Waals surface area contributed by atoms with Crippen molar-refractivity contribution in [1.82, 2.24) is 9.97 Å². The van der Waals surface area contributed by atoms with E-state index >= 15 is 0 Å². The topological polar surface area (TPSA) is 25.8 Å². The molecule has 1 aromatic rings. The van der Waals surface area contributed by atoms with E-state index in [1.54, 1.807) is 0 Å². The molecule has 2 nitrogen and oxygen atoms in total. The summed E-state index contributed by atoms with van der Waals surface area (Å²) < 4.78 is 0. The number of nitrogens with zero attached hydrogens (tertiary/aromatic N) is 2. The monoisotopic (exact) mass is 258 g/mol. The minimum Gasteiger partial charge on any atom is -0.237 e. The van der Waals surface area contributed by atoms with E-state index in [0.29, 0.717) is 17.0 Å². The van der Waals surface area contributed by atoms with E-state index in [2.05, 4.69) is 37.7 Å². The molecule has 0 unspecified atom stereocenters. The fraction of sp³-hybridized carbons (Fsp3) is 0.667. The maximum atomic E-state index is 5.98. The van der Waals surface area contributed by atoms with Crippen LogP contribution in [0.3, 0.4) is 0 Å². The molecule has 16 heavy (non-hydrogen) atoms. The fourth-order valence-electron chi connectivity index (χ4n) is 1.23. The second-order valence-corrected chi connectivity index (χ2v) is 6.01. The normalized spacial score (nSPS) is 11.4. The molecule has 4 heteroatoms. The Bertz CT molecular complexity index is 340. The molecular weight excluding hydrogens is 240 g/mol. The predicted octanol–water partition coefficient (Wildman–Crippen LogP) is 4.14. The molecule has 0 saturated carbocycles. The van der Waals surface area contributed by atoms with E-state index < -0.39 is 0 Å². The molecule has 0 N–H and O–H groups in total. The first-order valence-corrected chi connectivity index (χ1v) is 7.13. The van der Waals surface area contributed by atoms with E-state index in [1.165, 1.54) is 0 Å². The summed E-state index contributed by atoms with van der Waals surface area (Å²) in [5.74, 6) is 3.93. The van der Waals surface area contributed by atoms with Crippen LogP contribution in [0.4, 0.5) is 0 Å². The molecule has 0 spiro atoms. The zero-order valence-electron chi connectivity index (χ0n) is 10.3. The molecule has 0 aliphatic rings. The highest BCUT2D eigenvalue weighted by Gasteiger charge is 2.07. The molecule has 0 radical (unpaired) electrons. The highest BCUT2D eigenvalue weighted by atomic mass is 35.5. The van der Waals surface area contributed by atoms with Gasteiger partial charge in [0.05, 0.1) is 5.75 Å². The van der Waals surface area contributed by atoms with Crippen LogP contribution in [0.25, 0.3) is 0 Å². The van der Waals surface area contributed by atoms with Gasteiger partial charge < -0.3 is 0 Å². The van der Waals surface area contributed by atoms with Crippen molar-refractivity contribution < 1.29 is 0 Å². The van der Waals surface area contributed by atoms with Gasteiger partial charge in [0.25, 0.3) is 0 Å². The van der Waals surface area contributed by atoms with E-state index in [-0.39, 0.29) is 0 Å². The van der Waals surface area contributed by atoms with Crippen LogP contribution in [-0.2, 0) is 5.75 Å². The third-order valence-corrected chi connectivity index (χ3v) is 3.59. The van der Waals surface area contributed by atoms with Crippen molar-refractivity contribution in [2.24, 2.45) is 5.92 Å². The maximum absolute atomic E-state index is 5.98. The van der Waals surface area contributed by atoms with Crippen molar-refractivity contribution in [1.29, 1.82) is 0 Å². The van der Waals surface area contributed by atoms with Gasteiger partial charge in [0.1, 0.15) is 11.0 Å². The largest absolute Gasteiger partial charge is 0.237 e. The van der Waals surface area contributed by atoms with Gasteiger partial charge in [-0.2, -0.15) is 11.8 Å². The molecular formula is C12H19ClN2S. The number of aromatic nitrogens is 2. The van der Waals surface area contributed by atoms with Gasteiger partial charge in [-0.05, 0) is 23.7 Å². The van der Waals surface area contributed by atoms with Gasteiger partial charge in [0.2, 0.25) is 0 Å². The van der Waals surface area contributed by atoms with Crippen LogP contribution < -0.4 is 0 Å². The van der Waals surface area contributed by atoms with Crippen LogP contribution in [0.2, 0.25) is 5.15 Å². The molecule has 0 saturated heterocycles. The lowest BCUT2D eigenvalue weighted by atomic mass is 10.1. The molecule has 0 amide bonds. The van der Waals surface area contributed by atoms with Crippen molar-refractivity contribution in [2.45, 2.75) is 39.4 Å². The molecule has 0 atom stereocenters. The summed E-state index contributed by atoms with van der Waals surface area (Å²) in [6.07, 6.45) is 0. The second kappa shape index (κ2) is 6.45. The number of halogens is 1. The van der Waals surface area contributed by atoms with E-state index in [0.717, 1.165) is 23.0 Å². The Hall–Kier alpha value is -0.280. The average Bonchev–Trinajstić information content (AvgIpc) is 2.16. The van der Waals surface area contributed by atoms with E-state index in [4.69, 9.17) is 11.6 Å². The van der Waals surface area contributed by atoms with Crippen molar-refractivity contribution in [2.75, 3.05) is 5.75 Å². The van der Waals surface area contributed by atoms with E-state index in [1.807, 2.05) is 17.8 Å².